The van der Waals surface area contributed by atoms with E-state index in [-0.39, 0.29) is 29.8 Å². The number of aromatic nitrogens is 1. The highest BCUT2D eigenvalue weighted by Gasteiger charge is 2.36. The number of carboxylic acid groups (broad SMARTS) is 1. The van der Waals surface area contributed by atoms with Crippen LogP contribution in [0.3, 0.4) is 0 Å². The molecule has 2 N–H and O–H groups in total. The minimum absolute atomic E-state index is 0.0477. The molecular formula is C21H18Cl2FN3O5. The second-order valence-electron chi connectivity index (χ2n) is 7.30. The molecule has 11 heteroatoms. The fourth-order valence-electron chi connectivity index (χ4n) is 3.62. The van der Waals surface area contributed by atoms with Crippen LogP contribution in [0.2, 0.25) is 10.0 Å². The SMILES string of the molecule is O=C(COc1ccc(Cl)c(F)c1)N[C@H]1CC[C@H](c2nc3c(Cl)cccc3o2)N(C(=O)O)C1. The Kier molecular flexibility index (Phi) is 6.38. The number of nitrogens with zero attached hydrogens (tertiary/aromatic N) is 2. The fourth-order valence-corrected chi connectivity index (χ4v) is 3.94. The van der Waals surface area contributed by atoms with Crippen molar-refractivity contribution in [3.05, 3.63) is 58.2 Å². The average Bonchev–Trinajstić information content (AvgIpc) is 3.20. The number of oxazole rings is 1. The van der Waals surface area contributed by atoms with E-state index in [1.807, 2.05) is 0 Å². The number of amides is 2. The minimum Gasteiger partial charge on any atom is -0.484 e. The van der Waals surface area contributed by atoms with Gasteiger partial charge in [-0.05, 0) is 37.1 Å². The van der Waals surface area contributed by atoms with Crippen LogP contribution in [-0.4, -0.2) is 46.2 Å². The van der Waals surface area contributed by atoms with E-state index in [1.54, 1.807) is 18.2 Å². The highest BCUT2D eigenvalue weighted by Crippen LogP contribution is 2.34. The van der Waals surface area contributed by atoms with E-state index in [4.69, 9.17) is 32.4 Å². The van der Waals surface area contributed by atoms with Crippen molar-refractivity contribution in [1.82, 2.24) is 15.2 Å². The zero-order valence-corrected chi connectivity index (χ0v) is 18.1. The van der Waals surface area contributed by atoms with Gasteiger partial charge in [-0.15, -0.1) is 0 Å². The number of hydrogen-bond acceptors (Lipinski definition) is 5. The molecule has 0 saturated carbocycles. The first-order valence-electron chi connectivity index (χ1n) is 9.73. The van der Waals surface area contributed by atoms with Gasteiger partial charge in [-0.25, -0.2) is 14.2 Å². The summed E-state index contributed by atoms with van der Waals surface area (Å²) in [5.74, 6) is -0.691. The Hall–Kier alpha value is -3.04. The van der Waals surface area contributed by atoms with Gasteiger partial charge in [0.05, 0.1) is 10.0 Å². The highest BCUT2D eigenvalue weighted by molar-refractivity contribution is 6.34. The summed E-state index contributed by atoms with van der Waals surface area (Å²) in [7, 11) is 0. The van der Waals surface area contributed by atoms with Crippen molar-refractivity contribution in [2.24, 2.45) is 0 Å². The third-order valence-electron chi connectivity index (χ3n) is 5.13. The number of para-hydroxylation sites is 1. The lowest BCUT2D eigenvalue weighted by molar-refractivity contribution is -0.124. The number of fused-ring (bicyclic) bond motifs is 1. The van der Waals surface area contributed by atoms with Crippen molar-refractivity contribution in [2.45, 2.75) is 24.9 Å². The molecule has 1 fully saturated rings. The number of carbonyl (C=O) groups excluding carboxylic acids is 1. The topological polar surface area (TPSA) is 105 Å². The molecule has 2 heterocycles. The Labute approximate surface area is 191 Å². The number of rotatable bonds is 5. The Balaban J connectivity index is 1.39. The first kappa shape index (κ1) is 22.2. The highest BCUT2D eigenvalue weighted by atomic mass is 35.5. The summed E-state index contributed by atoms with van der Waals surface area (Å²) >= 11 is 11.8. The number of benzene rings is 2. The number of nitrogens with one attached hydrogen (secondary N) is 1. The molecule has 1 aromatic heterocycles. The van der Waals surface area contributed by atoms with Gasteiger partial charge in [0, 0.05) is 18.7 Å². The molecule has 168 valence electrons. The molecule has 1 aliphatic heterocycles. The number of carbonyl (C=O) groups is 2. The first-order valence-corrected chi connectivity index (χ1v) is 10.5. The van der Waals surface area contributed by atoms with Gasteiger partial charge in [0.1, 0.15) is 23.1 Å². The second kappa shape index (κ2) is 9.22. The average molecular weight is 482 g/mol. The maximum absolute atomic E-state index is 13.5. The summed E-state index contributed by atoms with van der Waals surface area (Å²) in [6.45, 7) is -0.300. The van der Waals surface area contributed by atoms with Crippen molar-refractivity contribution >= 4 is 46.3 Å². The van der Waals surface area contributed by atoms with E-state index in [9.17, 15) is 19.1 Å². The predicted octanol–water partition coefficient (Wildman–Crippen LogP) is 4.65. The van der Waals surface area contributed by atoms with Crippen LogP contribution >= 0.6 is 23.2 Å². The molecule has 1 saturated heterocycles. The van der Waals surface area contributed by atoms with E-state index in [2.05, 4.69) is 10.3 Å². The molecule has 32 heavy (non-hydrogen) atoms. The molecule has 8 nitrogen and oxygen atoms in total. The summed E-state index contributed by atoms with van der Waals surface area (Å²) in [5, 5.41) is 12.8. The van der Waals surface area contributed by atoms with Gasteiger partial charge in [-0.1, -0.05) is 29.3 Å². The van der Waals surface area contributed by atoms with E-state index < -0.39 is 29.9 Å². The maximum atomic E-state index is 13.5. The van der Waals surface area contributed by atoms with Crippen LogP contribution in [0.15, 0.2) is 40.8 Å². The second-order valence-corrected chi connectivity index (χ2v) is 8.11. The Bertz CT molecular complexity index is 1170. The number of piperidine rings is 1. The van der Waals surface area contributed by atoms with Gasteiger partial charge < -0.3 is 19.6 Å². The number of ether oxygens (including phenoxy) is 1. The van der Waals surface area contributed by atoms with Crippen molar-refractivity contribution in [1.29, 1.82) is 0 Å². The van der Waals surface area contributed by atoms with E-state index in [0.717, 1.165) is 6.07 Å². The van der Waals surface area contributed by atoms with Gasteiger partial charge in [0.25, 0.3) is 5.91 Å². The van der Waals surface area contributed by atoms with Crippen LogP contribution in [0.1, 0.15) is 24.8 Å². The minimum atomic E-state index is -1.16. The molecule has 4 rings (SSSR count). The summed E-state index contributed by atoms with van der Waals surface area (Å²) in [6, 6.07) is 7.95. The molecule has 1 aliphatic rings. The molecule has 0 unspecified atom stereocenters. The smallest absolute Gasteiger partial charge is 0.408 e. The van der Waals surface area contributed by atoms with Crippen LogP contribution in [0, 0.1) is 5.82 Å². The quantitative estimate of drug-likeness (QED) is 0.549. The normalized spacial score (nSPS) is 18.5. The molecule has 0 bridgehead atoms. The van der Waals surface area contributed by atoms with E-state index >= 15 is 0 Å². The van der Waals surface area contributed by atoms with Crippen molar-refractivity contribution in [3.63, 3.8) is 0 Å². The standard InChI is InChI=1S/C21H18Cl2FN3O5/c22-13-6-5-12(8-15(13)24)31-10-18(28)25-11-4-7-16(27(9-11)21(29)30)20-26-19-14(23)2-1-3-17(19)32-20/h1-3,5-6,8,11,16H,4,7,9-10H2,(H,25,28)(H,29,30)/t11-,16+/m0/s1. The van der Waals surface area contributed by atoms with Gasteiger partial charge in [0.2, 0.25) is 5.89 Å². The van der Waals surface area contributed by atoms with E-state index in [0.29, 0.717) is 29.0 Å². The first-order chi connectivity index (χ1) is 15.3. The largest absolute Gasteiger partial charge is 0.484 e. The molecule has 2 amide bonds. The number of hydrogen-bond donors (Lipinski definition) is 2. The van der Waals surface area contributed by atoms with Gasteiger partial charge in [-0.2, -0.15) is 0 Å². The third-order valence-corrected chi connectivity index (χ3v) is 5.74. The molecule has 0 radical (unpaired) electrons. The predicted molar refractivity (Wildman–Crippen MR) is 115 cm³/mol. The van der Waals surface area contributed by atoms with Crippen molar-refractivity contribution in [2.75, 3.05) is 13.2 Å². The lowest BCUT2D eigenvalue weighted by Crippen LogP contribution is -2.51. The lowest BCUT2D eigenvalue weighted by Gasteiger charge is -2.36. The number of halogens is 3. The molecule has 2 atom stereocenters. The summed E-state index contributed by atoms with van der Waals surface area (Å²) in [5.41, 5.74) is 0.949. The zero-order chi connectivity index (χ0) is 22.8. The van der Waals surface area contributed by atoms with Crippen LogP contribution in [0.4, 0.5) is 9.18 Å². The monoisotopic (exact) mass is 481 g/mol. The van der Waals surface area contributed by atoms with Crippen molar-refractivity contribution < 1.29 is 28.2 Å². The Morgan fingerprint density at radius 1 is 1.25 bits per heavy atom. The van der Waals surface area contributed by atoms with Crippen LogP contribution in [-0.2, 0) is 4.79 Å². The zero-order valence-electron chi connectivity index (χ0n) is 16.6. The summed E-state index contributed by atoms with van der Waals surface area (Å²) < 4.78 is 24.5. The third kappa shape index (κ3) is 4.73. The van der Waals surface area contributed by atoms with E-state index in [1.165, 1.54) is 17.0 Å². The summed E-state index contributed by atoms with van der Waals surface area (Å²) in [6.07, 6.45) is -0.261. The Morgan fingerprint density at radius 2 is 2.06 bits per heavy atom. The van der Waals surface area contributed by atoms with Crippen LogP contribution in [0.5, 0.6) is 5.75 Å². The fraction of sp³-hybridized carbons (Fsp3) is 0.286. The van der Waals surface area contributed by atoms with Crippen LogP contribution < -0.4 is 10.1 Å². The van der Waals surface area contributed by atoms with Crippen molar-refractivity contribution in [3.8, 4) is 5.75 Å². The summed E-state index contributed by atoms with van der Waals surface area (Å²) in [4.78, 5) is 29.7. The molecule has 3 aromatic rings. The molecule has 2 aromatic carbocycles. The van der Waals surface area contributed by atoms with Crippen LogP contribution in [0.25, 0.3) is 11.1 Å². The van der Waals surface area contributed by atoms with Gasteiger partial charge in [-0.3, -0.25) is 9.69 Å². The molecular weight excluding hydrogens is 464 g/mol. The Morgan fingerprint density at radius 3 is 2.78 bits per heavy atom. The molecule has 0 aliphatic carbocycles. The lowest BCUT2D eigenvalue weighted by atomic mass is 9.98. The van der Waals surface area contributed by atoms with Gasteiger partial charge in [0.15, 0.2) is 12.2 Å². The van der Waals surface area contributed by atoms with Gasteiger partial charge >= 0.3 is 6.09 Å². The molecule has 0 spiro atoms. The number of likely N-dealkylation sites (tertiary alicyclic amines) is 1. The maximum Gasteiger partial charge on any atom is 0.408 e.